The summed E-state index contributed by atoms with van der Waals surface area (Å²) in [4.78, 5) is 15.3. The molecular formula is C22H16ClFN6OS. The molecule has 1 unspecified atom stereocenters. The maximum atomic E-state index is 13.1. The Kier molecular flexibility index (Phi) is 6.25. The molecule has 0 saturated carbocycles. The van der Waals surface area contributed by atoms with Crippen LogP contribution in [0, 0.1) is 17.1 Å². The second-order valence-corrected chi connectivity index (χ2v) is 8.40. The van der Waals surface area contributed by atoms with Crippen LogP contribution in [0.5, 0.6) is 0 Å². The van der Waals surface area contributed by atoms with Crippen LogP contribution >= 0.6 is 11.6 Å². The highest BCUT2D eigenvalue weighted by Crippen LogP contribution is 2.29. The van der Waals surface area contributed by atoms with Gasteiger partial charge in [-0.25, -0.2) is 18.6 Å². The predicted molar refractivity (Wildman–Crippen MR) is 123 cm³/mol. The van der Waals surface area contributed by atoms with Crippen LogP contribution in [0.4, 0.5) is 15.9 Å². The number of benzene rings is 2. The Labute approximate surface area is 191 Å². The van der Waals surface area contributed by atoms with Crippen molar-refractivity contribution in [2.75, 3.05) is 23.2 Å². The molecule has 7 nitrogen and oxygen atoms in total. The van der Waals surface area contributed by atoms with Crippen LogP contribution in [0.25, 0.3) is 22.2 Å². The molecule has 1 N–H and O–H groups in total. The summed E-state index contributed by atoms with van der Waals surface area (Å²) in [7, 11) is 0.123. The molecule has 0 spiro atoms. The molecule has 4 aromatic rings. The lowest BCUT2D eigenvalue weighted by atomic mass is 10.1. The monoisotopic (exact) mass is 466 g/mol. The number of anilines is 2. The Balaban J connectivity index is 1.65. The number of nitriles is 1. The smallest absolute Gasteiger partial charge is 0.153 e. The third-order valence-corrected chi connectivity index (χ3v) is 6.04. The number of nitrogens with zero attached hydrogens (tertiary/aromatic N) is 5. The second kappa shape index (κ2) is 9.26. The Bertz CT molecular complexity index is 1360. The van der Waals surface area contributed by atoms with E-state index in [2.05, 4.69) is 25.7 Å². The van der Waals surface area contributed by atoms with Gasteiger partial charge in [0.2, 0.25) is 0 Å². The first-order valence-electron chi connectivity index (χ1n) is 9.39. The number of rotatable bonds is 6. The van der Waals surface area contributed by atoms with Crippen LogP contribution in [0.15, 0.2) is 65.8 Å². The molecule has 0 fully saturated rings. The second-order valence-electron chi connectivity index (χ2n) is 6.83. The van der Waals surface area contributed by atoms with Crippen molar-refractivity contribution in [3.05, 3.63) is 71.9 Å². The zero-order valence-electron chi connectivity index (χ0n) is 16.8. The van der Waals surface area contributed by atoms with E-state index >= 15 is 0 Å². The van der Waals surface area contributed by atoms with Crippen LogP contribution in [-0.4, -0.2) is 32.8 Å². The Morgan fingerprint density at radius 1 is 1.09 bits per heavy atom. The maximum absolute atomic E-state index is 13.1. The minimum Gasteiger partial charge on any atom is -0.345 e. The molecule has 32 heavy (non-hydrogen) atoms. The summed E-state index contributed by atoms with van der Waals surface area (Å²) in [5.41, 5.74) is 3.28. The van der Waals surface area contributed by atoms with Gasteiger partial charge in [-0.2, -0.15) is 5.26 Å². The van der Waals surface area contributed by atoms with Gasteiger partial charge in [-0.1, -0.05) is 17.7 Å². The van der Waals surface area contributed by atoms with Gasteiger partial charge in [0, 0.05) is 18.8 Å². The quantitative estimate of drug-likeness (QED) is 0.330. The van der Waals surface area contributed by atoms with Gasteiger partial charge in [0.15, 0.2) is 5.15 Å². The summed E-state index contributed by atoms with van der Waals surface area (Å²) in [6.07, 6.45) is 3.23. The fourth-order valence-corrected chi connectivity index (χ4v) is 4.01. The fraction of sp³-hybridized carbons (Fsp3) is 0.0909. The lowest BCUT2D eigenvalue weighted by molar-refractivity contribution is 0.626. The maximum Gasteiger partial charge on any atom is 0.153 e. The van der Waals surface area contributed by atoms with E-state index in [9.17, 15) is 8.60 Å². The standard InChI is InChI=1S/C22H16ClFN6OS/c1-30(9-8-25)21-13-26-18-7-2-14(10-19(18)28-21)15-11-20(22(23)27-12-15)29-32(31)17-5-3-16(24)4-6-17/h2-7,10-13,29H,9H2,1H3. The minimum atomic E-state index is -1.65. The molecule has 0 aliphatic carbocycles. The third kappa shape index (κ3) is 4.66. The average molecular weight is 467 g/mol. The average Bonchev–Trinajstić information content (AvgIpc) is 2.80. The van der Waals surface area contributed by atoms with Gasteiger partial charge in [-0.3, -0.25) is 9.71 Å². The number of pyridine rings is 1. The lowest BCUT2D eigenvalue weighted by Crippen LogP contribution is -2.18. The van der Waals surface area contributed by atoms with Crippen molar-refractivity contribution >= 4 is 45.1 Å². The highest BCUT2D eigenvalue weighted by molar-refractivity contribution is 7.86. The van der Waals surface area contributed by atoms with E-state index in [0.717, 1.165) is 11.1 Å². The molecule has 0 aliphatic heterocycles. The van der Waals surface area contributed by atoms with Crippen molar-refractivity contribution in [2.24, 2.45) is 0 Å². The van der Waals surface area contributed by atoms with Crippen LogP contribution in [0.3, 0.4) is 0 Å². The van der Waals surface area contributed by atoms with Gasteiger partial charge >= 0.3 is 0 Å². The zero-order chi connectivity index (χ0) is 22.7. The van der Waals surface area contributed by atoms with Gasteiger partial charge < -0.3 is 4.90 Å². The fourth-order valence-electron chi connectivity index (χ4n) is 2.95. The van der Waals surface area contributed by atoms with E-state index in [1.807, 2.05) is 18.2 Å². The predicted octanol–water partition coefficient (Wildman–Crippen LogP) is 4.58. The molecule has 4 rings (SSSR count). The summed E-state index contributed by atoms with van der Waals surface area (Å²) in [5, 5.41) is 9.06. The lowest BCUT2D eigenvalue weighted by Gasteiger charge is -2.14. The zero-order valence-corrected chi connectivity index (χ0v) is 18.4. The van der Waals surface area contributed by atoms with Crippen LogP contribution in [0.1, 0.15) is 0 Å². The van der Waals surface area contributed by atoms with E-state index in [-0.39, 0.29) is 11.7 Å². The summed E-state index contributed by atoms with van der Waals surface area (Å²) in [6.45, 7) is 0.196. The molecule has 10 heteroatoms. The number of nitrogens with one attached hydrogen (secondary N) is 1. The van der Waals surface area contributed by atoms with E-state index in [1.165, 1.54) is 24.3 Å². The van der Waals surface area contributed by atoms with E-state index in [4.69, 9.17) is 16.9 Å². The van der Waals surface area contributed by atoms with Gasteiger partial charge in [0.05, 0.1) is 33.9 Å². The van der Waals surface area contributed by atoms with Gasteiger partial charge in [0.1, 0.15) is 29.2 Å². The molecule has 2 aromatic heterocycles. The molecule has 0 radical (unpaired) electrons. The number of aromatic nitrogens is 3. The first-order chi connectivity index (χ1) is 15.4. The van der Waals surface area contributed by atoms with E-state index in [1.54, 1.807) is 30.4 Å². The number of halogens is 2. The molecule has 0 saturated heterocycles. The Hall–Kier alpha value is -3.61. The molecule has 2 heterocycles. The van der Waals surface area contributed by atoms with Gasteiger partial charge in [0.25, 0.3) is 0 Å². The van der Waals surface area contributed by atoms with E-state index in [0.29, 0.717) is 27.4 Å². The third-order valence-electron chi connectivity index (χ3n) is 4.63. The SMILES string of the molecule is CN(CC#N)c1cnc2ccc(-c3cnc(Cl)c(NS(=O)c4ccc(F)cc4)c3)cc2n1. The first-order valence-corrected chi connectivity index (χ1v) is 10.9. The molecule has 2 aromatic carbocycles. The topological polar surface area (TPSA) is 94.8 Å². The van der Waals surface area contributed by atoms with Crippen molar-refractivity contribution in [3.63, 3.8) is 0 Å². The normalized spacial score (nSPS) is 11.7. The number of fused-ring (bicyclic) bond motifs is 1. The van der Waals surface area contributed by atoms with Gasteiger partial charge in [-0.15, -0.1) is 0 Å². The summed E-state index contributed by atoms with van der Waals surface area (Å²) < 4.78 is 28.5. The van der Waals surface area contributed by atoms with Gasteiger partial charge in [-0.05, 0) is 48.0 Å². The largest absolute Gasteiger partial charge is 0.345 e. The molecule has 0 bridgehead atoms. The van der Waals surface area contributed by atoms with Crippen molar-refractivity contribution in [2.45, 2.75) is 4.90 Å². The number of hydrogen-bond acceptors (Lipinski definition) is 6. The molecule has 1 atom stereocenters. The van der Waals surface area contributed by atoms with E-state index < -0.39 is 16.8 Å². The summed E-state index contributed by atoms with van der Waals surface area (Å²) >= 11 is 6.20. The molecule has 160 valence electrons. The molecule has 0 amide bonds. The van der Waals surface area contributed by atoms with Crippen molar-refractivity contribution < 1.29 is 8.60 Å². The van der Waals surface area contributed by atoms with Crippen LogP contribution in [0.2, 0.25) is 5.15 Å². The van der Waals surface area contributed by atoms with Crippen LogP contribution in [-0.2, 0) is 11.0 Å². The molecular weight excluding hydrogens is 451 g/mol. The Morgan fingerprint density at radius 2 is 1.88 bits per heavy atom. The van der Waals surface area contributed by atoms with Crippen LogP contribution < -0.4 is 9.62 Å². The summed E-state index contributed by atoms with van der Waals surface area (Å²) in [6, 6.07) is 14.7. The highest BCUT2D eigenvalue weighted by atomic mass is 35.5. The molecule has 0 aliphatic rings. The minimum absolute atomic E-state index is 0.158. The highest BCUT2D eigenvalue weighted by Gasteiger charge is 2.12. The first kappa shape index (κ1) is 21.6. The van der Waals surface area contributed by atoms with Crippen molar-refractivity contribution in [1.29, 1.82) is 5.26 Å². The van der Waals surface area contributed by atoms with Crippen molar-refractivity contribution in [1.82, 2.24) is 15.0 Å². The summed E-state index contributed by atoms with van der Waals surface area (Å²) in [5.74, 6) is 0.177. The number of hydrogen-bond donors (Lipinski definition) is 1. The Morgan fingerprint density at radius 3 is 2.62 bits per heavy atom. The van der Waals surface area contributed by atoms with Crippen molar-refractivity contribution in [3.8, 4) is 17.2 Å².